The van der Waals surface area contributed by atoms with Crippen molar-refractivity contribution in [1.29, 1.82) is 0 Å². The quantitative estimate of drug-likeness (QED) is 0.131. The van der Waals surface area contributed by atoms with Crippen LogP contribution in [0, 0.1) is 18.8 Å². The van der Waals surface area contributed by atoms with Gasteiger partial charge in [0.25, 0.3) is 0 Å². The maximum absolute atomic E-state index is 6.32. The predicted molar refractivity (Wildman–Crippen MR) is 183 cm³/mol. The molecule has 0 saturated heterocycles. The molecule has 2 aliphatic rings. The molecule has 0 amide bonds. The van der Waals surface area contributed by atoms with Crippen molar-refractivity contribution in [2.75, 3.05) is 11.9 Å². The Kier molecular flexibility index (Phi) is 8.34. The van der Waals surface area contributed by atoms with Gasteiger partial charge < -0.3 is 14.5 Å². The molecule has 228 valence electrons. The number of benzene rings is 5. The first kappa shape index (κ1) is 30.2. The minimum atomic E-state index is -1.06. The summed E-state index contributed by atoms with van der Waals surface area (Å²) in [7, 11) is 0.971. The van der Waals surface area contributed by atoms with E-state index in [4.69, 9.17) is 4.74 Å². The molecule has 6 aromatic rings. The zero-order chi connectivity index (χ0) is 30.2. The van der Waals surface area contributed by atoms with Crippen LogP contribution in [-0.4, -0.2) is 16.9 Å². The molecule has 2 aliphatic heterocycles. The summed E-state index contributed by atoms with van der Waals surface area (Å²) >= 11 is 0. The van der Waals surface area contributed by atoms with Crippen LogP contribution >= 0.6 is 7.92 Å². The molecule has 4 nitrogen and oxygen atoms in total. The Morgan fingerprint density at radius 2 is 1.41 bits per heavy atom. The zero-order valence-electron chi connectivity index (χ0n) is 25.0. The number of ether oxygens (including phenoxy) is 1. The van der Waals surface area contributed by atoms with E-state index in [9.17, 15) is 0 Å². The molecule has 0 aliphatic carbocycles. The molecule has 6 heteroatoms. The van der Waals surface area contributed by atoms with E-state index in [1.54, 1.807) is 6.20 Å². The summed E-state index contributed by atoms with van der Waals surface area (Å²) < 4.78 is 6.32. The Bertz CT molecular complexity index is 1960. The molecule has 46 heavy (non-hydrogen) atoms. The van der Waals surface area contributed by atoms with E-state index in [0.717, 1.165) is 16.3 Å². The van der Waals surface area contributed by atoms with Gasteiger partial charge in [-0.15, -0.1) is 34.0 Å². The van der Waals surface area contributed by atoms with Crippen molar-refractivity contribution in [3.05, 3.63) is 193 Å². The summed E-state index contributed by atoms with van der Waals surface area (Å²) in [5.41, 5.74) is 5.34. The van der Waals surface area contributed by atoms with Gasteiger partial charge in [0.05, 0.1) is 0 Å². The van der Waals surface area contributed by atoms with Crippen LogP contribution in [0.5, 0.6) is 11.6 Å². The number of rotatable bonds is 6. The van der Waals surface area contributed by atoms with Gasteiger partial charge in [0.15, 0.2) is 0 Å². The Morgan fingerprint density at radius 1 is 0.696 bits per heavy atom. The van der Waals surface area contributed by atoms with Crippen LogP contribution in [0.15, 0.2) is 152 Å². The van der Waals surface area contributed by atoms with Gasteiger partial charge in [-0.3, -0.25) is 0 Å². The Morgan fingerprint density at radius 3 is 2.11 bits per heavy atom. The van der Waals surface area contributed by atoms with Crippen LogP contribution in [0.25, 0.3) is 0 Å². The number of hydrogen-bond acceptors (Lipinski definition) is 4. The van der Waals surface area contributed by atoms with Gasteiger partial charge in [-0.2, -0.15) is 37.0 Å². The van der Waals surface area contributed by atoms with Gasteiger partial charge in [-0.1, -0.05) is 98.9 Å². The van der Waals surface area contributed by atoms with Crippen LogP contribution in [-0.2, 0) is 26.5 Å². The molecule has 1 unspecified atom stereocenters. The van der Waals surface area contributed by atoms with Crippen molar-refractivity contribution in [1.82, 2.24) is 9.88 Å². The second-order valence-corrected chi connectivity index (χ2v) is 13.2. The minimum absolute atomic E-state index is 0. The van der Waals surface area contributed by atoms with Crippen LogP contribution in [0.3, 0.4) is 0 Å². The largest absolute Gasteiger partial charge is 0.510 e. The Labute approximate surface area is 286 Å². The number of anilines is 1. The summed E-state index contributed by atoms with van der Waals surface area (Å²) in [6.07, 6.45) is 5.85. The van der Waals surface area contributed by atoms with Gasteiger partial charge in [0.2, 0.25) is 5.88 Å². The van der Waals surface area contributed by atoms with E-state index < -0.39 is 13.3 Å². The van der Waals surface area contributed by atoms with Gasteiger partial charge in [-0.05, 0) is 47.5 Å². The van der Waals surface area contributed by atoms with Crippen LogP contribution in [0.2, 0.25) is 0 Å². The average molecular weight is 794 g/mol. The third kappa shape index (κ3) is 5.16. The third-order valence-electron chi connectivity index (χ3n) is 8.39. The second kappa shape index (κ2) is 12.7. The number of nitrogens with zero attached hydrogens (tertiary/aromatic N) is 3. The number of aromatic nitrogens is 1. The Hall–Kier alpha value is -4.49. The van der Waals surface area contributed by atoms with Crippen molar-refractivity contribution < 1.29 is 25.8 Å². The maximum atomic E-state index is 6.32. The molecule has 0 bridgehead atoms. The Balaban J connectivity index is 0.00000338. The summed E-state index contributed by atoms with van der Waals surface area (Å²) in [4.78, 5) is 8.57. The molecule has 3 heterocycles. The molecule has 5 aromatic carbocycles. The SMILES string of the molecule is CN1C=CN(c2[c-]c(P3c4[c-]c(Oc5ccccn5)ccc4C(c4ccccc4)(c4ccccc4)c4ccccc43)ccc2)[CH-]1.[Pt]. The molecule has 8 rings (SSSR count). The number of pyridine rings is 1. The third-order valence-corrected chi connectivity index (χ3v) is 10.8. The summed E-state index contributed by atoms with van der Waals surface area (Å²) in [6.45, 7) is 2.06. The standard InChI is InChI=1S/C40H29N3OP.Pt/c1-42-25-26-43(29-42)32-17-12-18-34(27-32)45-37-20-9-8-19-35(37)40(30-13-4-2-5-14-30,31-15-6-3-7-16-31)36-23-22-33(28-38(36)45)44-39-21-10-11-24-41-39;/h2-26,29H,1H3;/q-3;. The van der Waals surface area contributed by atoms with Gasteiger partial charge >= 0.3 is 0 Å². The fraction of sp³-hybridized carbons (Fsp3) is 0.0500. The smallest absolute Gasteiger partial charge is 0.216 e. The van der Waals surface area contributed by atoms with Crippen molar-refractivity contribution in [2.45, 2.75) is 5.41 Å². The van der Waals surface area contributed by atoms with Gasteiger partial charge in [-0.25, -0.2) is 4.98 Å². The number of fused-ring (bicyclic) bond motifs is 2. The first-order valence-electron chi connectivity index (χ1n) is 14.9. The zero-order valence-corrected chi connectivity index (χ0v) is 28.2. The van der Waals surface area contributed by atoms with Gasteiger partial charge in [0, 0.05) is 44.5 Å². The van der Waals surface area contributed by atoms with Crippen LogP contribution in [0.1, 0.15) is 22.3 Å². The molecule has 0 saturated carbocycles. The maximum Gasteiger partial charge on any atom is 0.216 e. The molecular weight excluding hydrogens is 765 g/mol. The van der Waals surface area contributed by atoms with Crippen molar-refractivity contribution in [2.24, 2.45) is 0 Å². The second-order valence-electron chi connectivity index (χ2n) is 11.1. The van der Waals surface area contributed by atoms with E-state index in [1.807, 2.05) is 42.4 Å². The number of hydrogen-bond donors (Lipinski definition) is 0. The topological polar surface area (TPSA) is 28.6 Å². The van der Waals surface area contributed by atoms with Crippen LogP contribution in [0.4, 0.5) is 5.69 Å². The fourth-order valence-electron chi connectivity index (χ4n) is 6.51. The summed E-state index contributed by atoms with van der Waals surface area (Å²) in [6, 6.07) is 54.7. The molecule has 1 aromatic heterocycles. The summed E-state index contributed by atoms with van der Waals surface area (Å²) in [5.74, 6) is 1.18. The molecular formula is C40H29N3OPPt-3. The molecule has 0 fully saturated rings. The van der Waals surface area contributed by atoms with Crippen molar-refractivity contribution >= 4 is 29.5 Å². The summed E-state index contributed by atoms with van der Waals surface area (Å²) in [5, 5.41) is 3.54. The van der Waals surface area contributed by atoms with E-state index in [2.05, 4.69) is 144 Å². The molecule has 1 atom stereocenters. The first-order valence-corrected chi connectivity index (χ1v) is 16.3. The van der Waals surface area contributed by atoms with Crippen molar-refractivity contribution in [3.8, 4) is 11.6 Å². The molecule has 0 N–H and O–H groups in total. The van der Waals surface area contributed by atoms with E-state index >= 15 is 0 Å². The van der Waals surface area contributed by atoms with Crippen LogP contribution < -0.4 is 25.6 Å². The molecule has 0 spiro atoms. The predicted octanol–water partition coefficient (Wildman–Crippen LogP) is 7.27. The van der Waals surface area contributed by atoms with E-state index in [0.29, 0.717) is 11.6 Å². The van der Waals surface area contributed by atoms with Crippen molar-refractivity contribution in [3.63, 3.8) is 0 Å². The van der Waals surface area contributed by atoms with E-state index in [1.165, 1.54) is 27.6 Å². The minimum Gasteiger partial charge on any atom is -0.510 e. The first-order chi connectivity index (χ1) is 22.2. The van der Waals surface area contributed by atoms with Gasteiger partial charge in [0.1, 0.15) is 0 Å². The average Bonchev–Trinajstić information content (AvgIpc) is 3.54. The monoisotopic (exact) mass is 793 g/mol. The van der Waals surface area contributed by atoms with E-state index in [-0.39, 0.29) is 21.1 Å². The normalized spacial score (nSPS) is 15.9. The molecule has 0 radical (unpaired) electrons. The fourth-order valence-corrected chi connectivity index (χ4v) is 9.13.